The van der Waals surface area contributed by atoms with Crippen molar-refractivity contribution in [2.24, 2.45) is 0 Å². The Bertz CT molecular complexity index is 517. The topological polar surface area (TPSA) is 59.6 Å². The molecule has 1 aliphatic heterocycles. The Morgan fingerprint density at radius 3 is 2.61 bits per heavy atom. The summed E-state index contributed by atoms with van der Waals surface area (Å²) in [6, 6.07) is 5.83. The molecular weight excluding hydrogens is 316 g/mol. The van der Waals surface area contributed by atoms with Crippen LogP contribution < -0.4 is 20.1 Å². The lowest BCUT2D eigenvalue weighted by molar-refractivity contribution is -0.127. The number of carbonyl (C=O) groups excluding carboxylic acids is 1. The lowest BCUT2D eigenvalue weighted by Crippen LogP contribution is -2.57. The van der Waals surface area contributed by atoms with E-state index in [1.54, 1.807) is 14.2 Å². The van der Waals surface area contributed by atoms with Gasteiger partial charge in [-0.25, -0.2) is 0 Å². The highest BCUT2D eigenvalue weighted by Gasteiger charge is 2.33. The maximum Gasteiger partial charge on any atom is 0.240 e. The Hall–Kier alpha value is -1.46. The molecule has 1 amide bonds. The molecule has 130 valence electrons. The Labute approximate surface area is 144 Å². The monoisotopic (exact) mass is 342 g/mol. The van der Waals surface area contributed by atoms with E-state index in [9.17, 15) is 4.79 Å². The highest BCUT2D eigenvalue weighted by atomic mass is 35.5. The molecular formula is C17H27ClN2O3. The fourth-order valence-corrected chi connectivity index (χ4v) is 2.80. The van der Waals surface area contributed by atoms with E-state index in [-0.39, 0.29) is 18.3 Å². The molecule has 6 heteroatoms. The average Bonchev–Trinajstić information content (AvgIpc) is 2.55. The highest BCUT2D eigenvalue weighted by Crippen LogP contribution is 2.27. The number of rotatable bonds is 6. The zero-order chi connectivity index (χ0) is 16.0. The second-order valence-electron chi connectivity index (χ2n) is 5.91. The molecule has 5 nitrogen and oxygen atoms in total. The van der Waals surface area contributed by atoms with Gasteiger partial charge in [0.15, 0.2) is 11.5 Å². The van der Waals surface area contributed by atoms with E-state index in [4.69, 9.17) is 9.47 Å². The molecule has 0 aromatic heterocycles. The molecule has 23 heavy (non-hydrogen) atoms. The molecule has 0 radical (unpaired) electrons. The SMILES string of the molecule is COc1ccc(CCNC(=O)C2(C)CCCCN2)cc1OC.Cl. The van der Waals surface area contributed by atoms with Crippen LogP contribution in [0.5, 0.6) is 11.5 Å². The van der Waals surface area contributed by atoms with Crippen molar-refractivity contribution in [2.75, 3.05) is 27.3 Å². The number of carbonyl (C=O) groups is 1. The summed E-state index contributed by atoms with van der Waals surface area (Å²) in [7, 11) is 3.24. The number of halogens is 1. The van der Waals surface area contributed by atoms with Crippen LogP contribution in [0.2, 0.25) is 0 Å². The first-order valence-electron chi connectivity index (χ1n) is 7.83. The quantitative estimate of drug-likeness (QED) is 0.833. The molecule has 0 saturated carbocycles. The molecule has 2 rings (SSSR count). The van der Waals surface area contributed by atoms with Gasteiger partial charge >= 0.3 is 0 Å². The third-order valence-corrected chi connectivity index (χ3v) is 4.27. The lowest BCUT2D eigenvalue weighted by Gasteiger charge is -2.33. The van der Waals surface area contributed by atoms with Crippen molar-refractivity contribution in [2.45, 2.75) is 38.1 Å². The number of piperidine rings is 1. The van der Waals surface area contributed by atoms with Crippen LogP contribution in [0.3, 0.4) is 0 Å². The molecule has 0 aliphatic carbocycles. The number of nitrogens with one attached hydrogen (secondary N) is 2. The largest absolute Gasteiger partial charge is 0.493 e. The smallest absolute Gasteiger partial charge is 0.240 e. The van der Waals surface area contributed by atoms with Gasteiger partial charge in [-0.2, -0.15) is 0 Å². The van der Waals surface area contributed by atoms with Crippen LogP contribution >= 0.6 is 12.4 Å². The number of hydrogen-bond acceptors (Lipinski definition) is 4. The van der Waals surface area contributed by atoms with E-state index < -0.39 is 5.54 Å². The van der Waals surface area contributed by atoms with Crippen molar-refractivity contribution in [3.8, 4) is 11.5 Å². The van der Waals surface area contributed by atoms with Gasteiger partial charge in [0.1, 0.15) is 0 Å². The summed E-state index contributed by atoms with van der Waals surface area (Å²) in [5, 5.41) is 6.36. The first kappa shape index (κ1) is 19.6. The Morgan fingerprint density at radius 1 is 1.26 bits per heavy atom. The third kappa shape index (κ3) is 5.01. The zero-order valence-corrected chi connectivity index (χ0v) is 14.9. The normalized spacial score (nSPS) is 20.3. The molecule has 1 heterocycles. The molecule has 2 N–H and O–H groups in total. The minimum Gasteiger partial charge on any atom is -0.493 e. The van der Waals surface area contributed by atoms with E-state index in [1.165, 1.54) is 0 Å². The highest BCUT2D eigenvalue weighted by molar-refractivity contribution is 5.86. The summed E-state index contributed by atoms with van der Waals surface area (Å²) in [6.07, 6.45) is 3.92. The maximum absolute atomic E-state index is 12.3. The number of amides is 1. The predicted octanol–water partition coefficient (Wildman–Crippen LogP) is 2.32. The van der Waals surface area contributed by atoms with Crippen molar-refractivity contribution in [1.29, 1.82) is 0 Å². The fourth-order valence-electron chi connectivity index (χ4n) is 2.80. The van der Waals surface area contributed by atoms with Crippen LogP contribution in [0.1, 0.15) is 31.7 Å². The van der Waals surface area contributed by atoms with E-state index in [0.29, 0.717) is 18.0 Å². The van der Waals surface area contributed by atoms with Gasteiger partial charge in [-0.3, -0.25) is 4.79 Å². The third-order valence-electron chi connectivity index (χ3n) is 4.27. The van der Waals surface area contributed by atoms with Gasteiger partial charge in [0, 0.05) is 6.54 Å². The molecule has 1 aromatic carbocycles. The maximum atomic E-state index is 12.3. The van der Waals surface area contributed by atoms with Crippen LogP contribution in [-0.4, -0.2) is 38.8 Å². The molecule has 1 atom stereocenters. The van der Waals surface area contributed by atoms with E-state index >= 15 is 0 Å². The van der Waals surface area contributed by atoms with Gasteiger partial charge in [-0.1, -0.05) is 6.07 Å². The molecule has 0 bridgehead atoms. The molecule has 0 spiro atoms. The lowest BCUT2D eigenvalue weighted by atomic mass is 9.90. The van der Waals surface area contributed by atoms with Gasteiger partial charge < -0.3 is 20.1 Å². The Morgan fingerprint density at radius 2 is 2.00 bits per heavy atom. The van der Waals surface area contributed by atoms with Crippen LogP contribution in [0.4, 0.5) is 0 Å². The summed E-state index contributed by atoms with van der Waals surface area (Å²) in [5.41, 5.74) is 0.690. The van der Waals surface area contributed by atoms with Crippen molar-refractivity contribution in [3.63, 3.8) is 0 Å². The van der Waals surface area contributed by atoms with Crippen molar-refractivity contribution >= 4 is 18.3 Å². The number of methoxy groups -OCH3 is 2. The summed E-state index contributed by atoms with van der Waals surface area (Å²) >= 11 is 0. The van der Waals surface area contributed by atoms with Crippen LogP contribution in [0.25, 0.3) is 0 Å². The first-order chi connectivity index (χ1) is 10.6. The molecule has 1 fully saturated rings. The van der Waals surface area contributed by atoms with Crippen molar-refractivity contribution in [3.05, 3.63) is 23.8 Å². The van der Waals surface area contributed by atoms with Crippen LogP contribution in [-0.2, 0) is 11.2 Å². The van der Waals surface area contributed by atoms with Gasteiger partial charge in [0.25, 0.3) is 0 Å². The molecule has 1 aromatic rings. The zero-order valence-electron chi connectivity index (χ0n) is 14.1. The van der Waals surface area contributed by atoms with Crippen molar-refractivity contribution in [1.82, 2.24) is 10.6 Å². The minimum atomic E-state index is -0.421. The molecule has 1 saturated heterocycles. The van der Waals surface area contributed by atoms with Gasteiger partial charge in [-0.05, 0) is 56.8 Å². The second kappa shape index (κ2) is 8.99. The number of ether oxygens (including phenoxy) is 2. The summed E-state index contributed by atoms with van der Waals surface area (Å²) < 4.78 is 10.5. The van der Waals surface area contributed by atoms with Gasteiger partial charge in [0.2, 0.25) is 5.91 Å². The van der Waals surface area contributed by atoms with Crippen LogP contribution in [0, 0.1) is 0 Å². The van der Waals surface area contributed by atoms with Crippen LogP contribution in [0.15, 0.2) is 18.2 Å². The van der Waals surface area contributed by atoms with E-state index in [2.05, 4.69) is 10.6 Å². The molecule has 1 unspecified atom stereocenters. The Kier molecular flexibility index (Phi) is 7.65. The first-order valence-corrected chi connectivity index (χ1v) is 7.83. The standard InChI is InChI=1S/C17H26N2O3.ClH/c1-17(9-4-5-10-19-17)16(20)18-11-8-13-6-7-14(21-2)15(12-13)22-3;/h6-7,12,19H,4-5,8-11H2,1-3H3,(H,18,20);1H. The Balaban J connectivity index is 0.00000264. The minimum absolute atomic E-state index is 0. The summed E-state index contributed by atoms with van der Waals surface area (Å²) in [6.45, 7) is 3.52. The summed E-state index contributed by atoms with van der Waals surface area (Å²) in [4.78, 5) is 12.3. The van der Waals surface area contributed by atoms with Gasteiger partial charge in [-0.15, -0.1) is 12.4 Å². The average molecular weight is 343 g/mol. The van der Waals surface area contributed by atoms with E-state index in [0.717, 1.165) is 37.8 Å². The fraction of sp³-hybridized carbons (Fsp3) is 0.588. The van der Waals surface area contributed by atoms with Gasteiger partial charge in [0.05, 0.1) is 19.8 Å². The predicted molar refractivity (Wildman–Crippen MR) is 93.8 cm³/mol. The summed E-state index contributed by atoms with van der Waals surface area (Å²) in [5.74, 6) is 1.52. The molecule has 1 aliphatic rings. The second-order valence-corrected chi connectivity index (χ2v) is 5.91. The number of benzene rings is 1. The van der Waals surface area contributed by atoms with Crippen molar-refractivity contribution < 1.29 is 14.3 Å². The van der Waals surface area contributed by atoms with E-state index in [1.807, 2.05) is 25.1 Å². The number of hydrogen-bond donors (Lipinski definition) is 2.